The molecule has 0 atom stereocenters. The summed E-state index contributed by atoms with van der Waals surface area (Å²) < 4.78 is 32.5. The number of hydrogen-bond acceptors (Lipinski definition) is 4. The molecule has 0 saturated carbocycles. The van der Waals surface area contributed by atoms with Crippen molar-refractivity contribution in [3.63, 3.8) is 0 Å². The summed E-state index contributed by atoms with van der Waals surface area (Å²) >= 11 is 0. The van der Waals surface area contributed by atoms with Crippen LogP contribution in [0.2, 0.25) is 0 Å². The zero-order valence-corrected chi connectivity index (χ0v) is 9.88. The molecule has 0 aromatic rings. The smallest absolute Gasteiger partial charge is 0.280 e. The van der Waals surface area contributed by atoms with E-state index in [-0.39, 0.29) is 6.61 Å². The van der Waals surface area contributed by atoms with Crippen LogP contribution in [0.1, 0.15) is 13.8 Å². The first-order valence-electron chi connectivity index (χ1n) is 4.85. The Morgan fingerprint density at radius 1 is 1.40 bits per heavy atom. The van der Waals surface area contributed by atoms with Crippen LogP contribution in [0, 0.1) is 0 Å². The van der Waals surface area contributed by atoms with Gasteiger partial charge in [-0.25, -0.2) is 0 Å². The first-order valence-corrected chi connectivity index (χ1v) is 6.29. The van der Waals surface area contributed by atoms with E-state index in [1.807, 2.05) is 0 Å². The van der Waals surface area contributed by atoms with Crippen molar-refractivity contribution in [3.8, 4) is 0 Å². The van der Waals surface area contributed by atoms with Crippen molar-refractivity contribution in [2.24, 2.45) is 0 Å². The summed E-state index contributed by atoms with van der Waals surface area (Å²) in [7, 11) is -3.51. The molecule has 1 saturated heterocycles. The van der Waals surface area contributed by atoms with E-state index in [1.165, 1.54) is 4.31 Å². The van der Waals surface area contributed by atoms with E-state index in [9.17, 15) is 8.42 Å². The quantitative estimate of drug-likeness (QED) is 0.653. The fourth-order valence-electron chi connectivity index (χ4n) is 1.23. The topological polar surface area (TPSA) is 78.9 Å². The second-order valence-electron chi connectivity index (χ2n) is 4.16. The highest BCUT2D eigenvalue weighted by Gasteiger charge is 2.30. The van der Waals surface area contributed by atoms with Gasteiger partial charge in [-0.1, -0.05) is 0 Å². The number of ether oxygens (including phenoxy) is 1. The van der Waals surface area contributed by atoms with Crippen LogP contribution in [0.15, 0.2) is 0 Å². The number of hydrogen-bond donors (Lipinski definition) is 2. The maximum absolute atomic E-state index is 11.8. The molecule has 0 unspecified atom stereocenters. The number of rotatable bonds is 4. The summed E-state index contributed by atoms with van der Waals surface area (Å²) in [6.07, 6.45) is 0. The highest BCUT2D eigenvalue weighted by molar-refractivity contribution is 7.87. The average molecular weight is 238 g/mol. The lowest BCUT2D eigenvalue weighted by atomic mass is 10.1. The molecule has 2 N–H and O–H groups in total. The van der Waals surface area contributed by atoms with Gasteiger partial charge in [-0.2, -0.15) is 17.4 Å². The van der Waals surface area contributed by atoms with Crippen molar-refractivity contribution in [3.05, 3.63) is 0 Å². The second kappa shape index (κ2) is 4.75. The Morgan fingerprint density at radius 3 is 2.40 bits per heavy atom. The maximum atomic E-state index is 11.8. The minimum atomic E-state index is -3.51. The molecule has 0 radical (unpaired) electrons. The molecular formula is C8H18N2O4S. The molecule has 0 spiro atoms. The van der Waals surface area contributed by atoms with Crippen LogP contribution < -0.4 is 4.72 Å². The Bertz CT molecular complexity index is 296. The first-order chi connectivity index (χ1) is 6.87. The molecular weight excluding hydrogens is 220 g/mol. The Morgan fingerprint density at radius 2 is 1.93 bits per heavy atom. The number of nitrogens with zero attached hydrogens (tertiary/aromatic N) is 1. The van der Waals surface area contributed by atoms with Gasteiger partial charge in [0.2, 0.25) is 0 Å². The number of morpholine rings is 1. The maximum Gasteiger partial charge on any atom is 0.280 e. The molecule has 1 aliphatic heterocycles. The summed E-state index contributed by atoms with van der Waals surface area (Å²) in [5, 5.41) is 8.99. The molecule has 1 rings (SSSR count). The number of nitrogens with one attached hydrogen (secondary N) is 1. The summed E-state index contributed by atoms with van der Waals surface area (Å²) in [5.74, 6) is 0. The molecule has 6 nitrogen and oxygen atoms in total. The minimum absolute atomic E-state index is 0.240. The Labute approximate surface area is 90.4 Å². The predicted octanol–water partition coefficient (Wildman–Crippen LogP) is -1.08. The van der Waals surface area contributed by atoms with Crippen molar-refractivity contribution in [2.75, 3.05) is 32.9 Å². The van der Waals surface area contributed by atoms with Crippen LogP contribution in [0.5, 0.6) is 0 Å². The fourth-order valence-corrected chi connectivity index (χ4v) is 2.75. The zero-order chi connectivity index (χ0) is 11.5. The first kappa shape index (κ1) is 12.9. The van der Waals surface area contributed by atoms with Gasteiger partial charge < -0.3 is 9.84 Å². The van der Waals surface area contributed by atoms with E-state index in [2.05, 4.69) is 4.72 Å². The van der Waals surface area contributed by atoms with Crippen LogP contribution in [0.4, 0.5) is 0 Å². The highest BCUT2D eigenvalue weighted by Crippen LogP contribution is 2.08. The van der Waals surface area contributed by atoms with E-state index in [0.29, 0.717) is 26.3 Å². The van der Waals surface area contributed by atoms with Gasteiger partial charge in [0, 0.05) is 13.1 Å². The lowest BCUT2D eigenvalue weighted by molar-refractivity contribution is 0.0716. The molecule has 15 heavy (non-hydrogen) atoms. The standard InChI is InChI=1S/C8H18N2O4S/c1-8(2,7-11)9-15(12,13)10-3-5-14-6-4-10/h9,11H,3-7H2,1-2H3. The van der Waals surface area contributed by atoms with Gasteiger partial charge in [0.1, 0.15) is 0 Å². The van der Waals surface area contributed by atoms with Gasteiger partial charge in [-0.05, 0) is 13.8 Å². The molecule has 1 heterocycles. The minimum Gasteiger partial charge on any atom is -0.394 e. The third-order valence-corrected chi connectivity index (χ3v) is 3.97. The van der Waals surface area contributed by atoms with Crippen molar-refractivity contribution in [2.45, 2.75) is 19.4 Å². The molecule has 0 aromatic heterocycles. The summed E-state index contributed by atoms with van der Waals surface area (Å²) in [5.41, 5.74) is -0.836. The number of aliphatic hydroxyl groups is 1. The third-order valence-electron chi connectivity index (χ3n) is 2.11. The lowest BCUT2D eigenvalue weighted by Crippen LogP contribution is -2.54. The van der Waals surface area contributed by atoms with Gasteiger partial charge >= 0.3 is 0 Å². The third kappa shape index (κ3) is 3.69. The highest BCUT2D eigenvalue weighted by atomic mass is 32.2. The number of aliphatic hydroxyl groups excluding tert-OH is 1. The second-order valence-corrected chi connectivity index (χ2v) is 5.83. The predicted molar refractivity (Wildman–Crippen MR) is 55.6 cm³/mol. The Hall–Kier alpha value is -0.210. The van der Waals surface area contributed by atoms with E-state index < -0.39 is 15.7 Å². The SMILES string of the molecule is CC(C)(CO)NS(=O)(=O)N1CCOCC1. The molecule has 7 heteroatoms. The Balaban J connectivity index is 2.65. The zero-order valence-electron chi connectivity index (χ0n) is 9.06. The van der Waals surface area contributed by atoms with E-state index in [4.69, 9.17) is 9.84 Å². The van der Waals surface area contributed by atoms with E-state index in [1.54, 1.807) is 13.8 Å². The monoisotopic (exact) mass is 238 g/mol. The summed E-state index contributed by atoms with van der Waals surface area (Å²) in [6.45, 7) is 4.57. The largest absolute Gasteiger partial charge is 0.394 e. The van der Waals surface area contributed by atoms with Crippen LogP contribution in [0.3, 0.4) is 0 Å². The van der Waals surface area contributed by atoms with Crippen molar-refractivity contribution in [1.29, 1.82) is 0 Å². The molecule has 1 fully saturated rings. The average Bonchev–Trinajstić information content (AvgIpc) is 2.18. The molecule has 1 aliphatic rings. The molecule has 0 aromatic carbocycles. The van der Waals surface area contributed by atoms with Crippen molar-refractivity contribution < 1.29 is 18.3 Å². The van der Waals surface area contributed by atoms with Crippen molar-refractivity contribution >= 4 is 10.2 Å². The van der Waals surface area contributed by atoms with E-state index in [0.717, 1.165) is 0 Å². The molecule has 0 amide bonds. The summed E-state index contributed by atoms with van der Waals surface area (Å²) in [6, 6.07) is 0. The van der Waals surface area contributed by atoms with Crippen molar-refractivity contribution in [1.82, 2.24) is 9.03 Å². The normalized spacial score (nSPS) is 20.5. The van der Waals surface area contributed by atoms with Gasteiger partial charge in [0.05, 0.1) is 25.4 Å². The Kier molecular flexibility index (Phi) is 4.07. The molecule has 0 aliphatic carbocycles. The molecule has 0 bridgehead atoms. The lowest BCUT2D eigenvalue weighted by Gasteiger charge is -2.31. The van der Waals surface area contributed by atoms with Gasteiger partial charge in [0.25, 0.3) is 10.2 Å². The van der Waals surface area contributed by atoms with Crippen LogP contribution in [-0.2, 0) is 14.9 Å². The molecule has 90 valence electrons. The van der Waals surface area contributed by atoms with Gasteiger partial charge in [0.15, 0.2) is 0 Å². The van der Waals surface area contributed by atoms with Crippen LogP contribution in [0.25, 0.3) is 0 Å². The van der Waals surface area contributed by atoms with E-state index >= 15 is 0 Å². The summed E-state index contributed by atoms with van der Waals surface area (Å²) in [4.78, 5) is 0. The fraction of sp³-hybridized carbons (Fsp3) is 1.00. The van der Waals surface area contributed by atoms with Gasteiger partial charge in [-0.3, -0.25) is 0 Å². The van der Waals surface area contributed by atoms with Crippen LogP contribution in [-0.4, -0.2) is 56.3 Å². The van der Waals surface area contributed by atoms with Gasteiger partial charge in [-0.15, -0.1) is 0 Å². The van der Waals surface area contributed by atoms with Crippen LogP contribution >= 0.6 is 0 Å².